The number of aromatic nitrogens is 8. The second kappa shape index (κ2) is 7.44. The molecule has 1 aromatic carbocycles. The lowest BCUT2D eigenvalue weighted by Gasteiger charge is -2.09. The predicted molar refractivity (Wildman–Crippen MR) is 116 cm³/mol. The maximum absolute atomic E-state index is 14.3. The summed E-state index contributed by atoms with van der Waals surface area (Å²) in [4.78, 5) is 13.5. The zero-order valence-corrected chi connectivity index (χ0v) is 18.0. The monoisotopic (exact) mass is 442 g/mol. The Bertz CT molecular complexity index is 1470. The van der Waals surface area contributed by atoms with Crippen molar-refractivity contribution in [2.24, 2.45) is 0 Å². The van der Waals surface area contributed by atoms with E-state index >= 15 is 0 Å². The van der Waals surface area contributed by atoms with E-state index in [1.165, 1.54) is 12.1 Å². The largest absolute Gasteiger partial charge is 0.339 e. The molecule has 5 aromatic rings. The molecule has 0 amide bonds. The molecule has 0 aliphatic carbocycles. The third-order valence-electron chi connectivity index (χ3n) is 5.69. The number of pyridine rings is 1. The Hall–Kier alpha value is -4.21. The molecule has 0 atom stereocenters. The van der Waals surface area contributed by atoms with Crippen LogP contribution in [0.2, 0.25) is 0 Å². The standard InChI is InChI=1S/C23H19FN8O/c1-13(2)23-27-22(29-33-23)21-20-11-18-16(10-15-5-3-4-8-25-15)28-30-32(18)19-9-14(24)6-7-17(19)31(20)12-26-21/h3-9,12-13H,10-11H2,1-2H3. The molecule has 0 radical (unpaired) electrons. The number of rotatable bonds is 4. The van der Waals surface area contributed by atoms with Gasteiger partial charge < -0.3 is 4.52 Å². The lowest BCUT2D eigenvalue weighted by atomic mass is 10.1. The van der Waals surface area contributed by atoms with E-state index in [1.807, 2.05) is 36.6 Å². The van der Waals surface area contributed by atoms with Crippen molar-refractivity contribution < 1.29 is 8.91 Å². The van der Waals surface area contributed by atoms with E-state index < -0.39 is 0 Å². The van der Waals surface area contributed by atoms with E-state index in [9.17, 15) is 4.39 Å². The highest BCUT2D eigenvalue weighted by Gasteiger charge is 2.28. The minimum atomic E-state index is -0.356. The molecule has 0 saturated carbocycles. The molecular weight excluding hydrogens is 423 g/mol. The van der Waals surface area contributed by atoms with Crippen molar-refractivity contribution in [3.8, 4) is 22.9 Å². The molecule has 0 unspecified atom stereocenters. The zero-order valence-electron chi connectivity index (χ0n) is 18.0. The fourth-order valence-electron chi connectivity index (χ4n) is 4.05. The maximum atomic E-state index is 14.3. The van der Waals surface area contributed by atoms with Crippen LogP contribution >= 0.6 is 0 Å². The molecule has 0 N–H and O–H groups in total. The fraction of sp³-hybridized carbons (Fsp3) is 0.217. The Kier molecular flexibility index (Phi) is 4.39. The summed E-state index contributed by atoms with van der Waals surface area (Å²) in [7, 11) is 0. The van der Waals surface area contributed by atoms with E-state index in [4.69, 9.17) is 4.52 Å². The van der Waals surface area contributed by atoms with Gasteiger partial charge in [0.2, 0.25) is 11.7 Å². The van der Waals surface area contributed by atoms with Gasteiger partial charge in [0.25, 0.3) is 0 Å². The van der Waals surface area contributed by atoms with E-state index in [2.05, 4.69) is 30.4 Å². The number of fused-ring (bicyclic) bond motifs is 5. The quantitative estimate of drug-likeness (QED) is 0.411. The molecule has 9 nitrogen and oxygen atoms in total. The second-order valence-electron chi connectivity index (χ2n) is 8.22. The van der Waals surface area contributed by atoms with Crippen molar-refractivity contribution in [2.75, 3.05) is 0 Å². The molecule has 1 aliphatic rings. The molecule has 0 fully saturated rings. The molecule has 1 aliphatic heterocycles. The summed E-state index contributed by atoms with van der Waals surface area (Å²) < 4.78 is 23.3. The molecule has 0 saturated heterocycles. The molecule has 10 heteroatoms. The fourth-order valence-corrected chi connectivity index (χ4v) is 4.05. The minimum absolute atomic E-state index is 0.103. The smallest absolute Gasteiger partial charge is 0.229 e. The normalized spacial score (nSPS) is 12.4. The third kappa shape index (κ3) is 3.22. The Labute approximate surface area is 187 Å². The summed E-state index contributed by atoms with van der Waals surface area (Å²) in [6.45, 7) is 3.98. The van der Waals surface area contributed by atoms with Crippen LogP contribution in [0.15, 0.2) is 53.4 Å². The van der Waals surface area contributed by atoms with Crippen molar-refractivity contribution in [3.05, 3.63) is 83.4 Å². The van der Waals surface area contributed by atoms with Gasteiger partial charge in [-0.05, 0) is 24.3 Å². The number of hydrogen-bond donors (Lipinski definition) is 0. The summed E-state index contributed by atoms with van der Waals surface area (Å²) in [5.41, 5.74) is 5.26. The molecular formula is C23H19FN8O. The third-order valence-corrected chi connectivity index (χ3v) is 5.69. The van der Waals surface area contributed by atoms with E-state index in [0.717, 1.165) is 28.5 Å². The Morgan fingerprint density at radius 3 is 2.79 bits per heavy atom. The van der Waals surface area contributed by atoms with E-state index in [-0.39, 0.29) is 11.7 Å². The van der Waals surface area contributed by atoms with Gasteiger partial charge in [-0.1, -0.05) is 30.3 Å². The number of hydrogen-bond acceptors (Lipinski definition) is 7. The number of imidazole rings is 1. The Morgan fingerprint density at radius 2 is 2.00 bits per heavy atom. The molecule has 5 heterocycles. The Morgan fingerprint density at radius 1 is 1.09 bits per heavy atom. The average molecular weight is 442 g/mol. The summed E-state index contributed by atoms with van der Waals surface area (Å²) in [6.07, 6.45) is 4.40. The Balaban J connectivity index is 1.53. The van der Waals surface area contributed by atoms with Crippen molar-refractivity contribution in [2.45, 2.75) is 32.6 Å². The van der Waals surface area contributed by atoms with Crippen LogP contribution < -0.4 is 0 Å². The van der Waals surface area contributed by atoms with Crippen molar-refractivity contribution in [1.82, 2.24) is 39.7 Å². The van der Waals surface area contributed by atoms with Crippen LogP contribution in [-0.2, 0) is 12.8 Å². The summed E-state index contributed by atoms with van der Waals surface area (Å²) in [5, 5.41) is 13.0. The first-order valence-corrected chi connectivity index (χ1v) is 10.6. The second-order valence-corrected chi connectivity index (χ2v) is 8.22. The molecule has 4 aromatic heterocycles. The molecule has 164 valence electrons. The van der Waals surface area contributed by atoms with Crippen LogP contribution in [0.4, 0.5) is 4.39 Å². The van der Waals surface area contributed by atoms with Gasteiger partial charge in [0, 0.05) is 36.7 Å². The van der Waals surface area contributed by atoms with Gasteiger partial charge in [0.05, 0.1) is 28.5 Å². The highest BCUT2D eigenvalue weighted by Crippen LogP contribution is 2.33. The molecule has 0 spiro atoms. The van der Waals surface area contributed by atoms with Gasteiger partial charge in [0.1, 0.15) is 17.8 Å². The van der Waals surface area contributed by atoms with Crippen LogP contribution in [0.1, 0.15) is 48.4 Å². The molecule has 0 bridgehead atoms. The first kappa shape index (κ1) is 19.5. The van der Waals surface area contributed by atoms with Crippen molar-refractivity contribution >= 4 is 0 Å². The van der Waals surface area contributed by atoms with Crippen LogP contribution in [-0.4, -0.2) is 39.7 Å². The number of nitrogens with zero attached hydrogens (tertiary/aromatic N) is 8. The van der Waals surface area contributed by atoms with Gasteiger partial charge in [-0.3, -0.25) is 9.55 Å². The van der Waals surface area contributed by atoms with Gasteiger partial charge in [-0.2, -0.15) is 4.98 Å². The summed E-state index contributed by atoms with van der Waals surface area (Å²) in [5.74, 6) is 0.713. The molecule has 33 heavy (non-hydrogen) atoms. The van der Waals surface area contributed by atoms with Gasteiger partial charge in [0.15, 0.2) is 0 Å². The average Bonchev–Trinajstić information content (AvgIpc) is 3.53. The van der Waals surface area contributed by atoms with E-state index in [1.54, 1.807) is 23.3 Å². The minimum Gasteiger partial charge on any atom is -0.339 e. The van der Waals surface area contributed by atoms with E-state index in [0.29, 0.717) is 35.9 Å². The van der Waals surface area contributed by atoms with Crippen LogP contribution in [0.5, 0.6) is 0 Å². The van der Waals surface area contributed by atoms with Crippen molar-refractivity contribution in [3.63, 3.8) is 0 Å². The SMILES string of the molecule is CC(C)c1nc(-c2ncn3c2Cc2c(Cc4ccccn4)nnn2-c2cc(F)ccc2-3)no1. The highest BCUT2D eigenvalue weighted by atomic mass is 19.1. The maximum Gasteiger partial charge on any atom is 0.229 e. The van der Waals surface area contributed by atoms with Gasteiger partial charge in [-0.25, -0.2) is 14.1 Å². The van der Waals surface area contributed by atoms with Crippen LogP contribution in [0, 0.1) is 5.82 Å². The zero-order chi connectivity index (χ0) is 22.5. The van der Waals surface area contributed by atoms with Gasteiger partial charge in [-0.15, -0.1) is 5.10 Å². The lowest BCUT2D eigenvalue weighted by molar-refractivity contribution is 0.365. The van der Waals surface area contributed by atoms with Crippen molar-refractivity contribution in [1.29, 1.82) is 0 Å². The number of halogens is 1. The van der Waals surface area contributed by atoms with Gasteiger partial charge >= 0.3 is 0 Å². The number of benzene rings is 1. The first-order valence-electron chi connectivity index (χ1n) is 10.6. The van der Waals surface area contributed by atoms with Crippen LogP contribution in [0.25, 0.3) is 22.9 Å². The summed E-state index contributed by atoms with van der Waals surface area (Å²) >= 11 is 0. The highest BCUT2D eigenvalue weighted by molar-refractivity contribution is 5.62. The topological polar surface area (TPSA) is 100 Å². The first-order chi connectivity index (χ1) is 16.1. The molecule has 6 rings (SSSR count). The lowest BCUT2D eigenvalue weighted by Crippen LogP contribution is -2.05. The van der Waals surface area contributed by atoms with Crippen LogP contribution in [0.3, 0.4) is 0 Å². The summed E-state index contributed by atoms with van der Waals surface area (Å²) in [6, 6.07) is 10.3. The predicted octanol–water partition coefficient (Wildman–Crippen LogP) is 3.66.